The molecule has 0 spiro atoms. The molecule has 0 unspecified atom stereocenters. The molecule has 1 aromatic heterocycles. The molecule has 1 fully saturated rings. The number of aromatic nitrogens is 1. The van der Waals surface area contributed by atoms with Crippen LogP contribution in [0.1, 0.15) is 11.1 Å². The number of halogens is 1. The van der Waals surface area contributed by atoms with Gasteiger partial charge in [0, 0.05) is 30.8 Å². The van der Waals surface area contributed by atoms with Crippen LogP contribution in [0.2, 0.25) is 0 Å². The van der Waals surface area contributed by atoms with Crippen molar-refractivity contribution >= 4 is 17.6 Å². The molecule has 0 saturated carbocycles. The molecule has 1 saturated heterocycles. The third-order valence-corrected chi connectivity index (χ3v) is 4.84. The molecule has 1 aliphatic rings. The van der Waals surface area contributed by atoms with Crippen LogP contribution in [0.15, 0.2) is 30.5 Å². The van der Waals surface area contributed by atoms with Gasteiger partial charge < -0.3 is 4.90 Å². The fraction of sp³-hybridized carbons (Fsp3) is 0.353. The van der Waals surface area contributed by atoms with Gasteiger partial charge in [-0.1, -0.05) is 6.07 Å². The molecule has 21 heavy (non-hydrogen) atoms. The maximum absolute atomic E-state index is 13.3. The largest absolute Gasteiger partial charge is 0.355 e. The molecule has 0 radical (unpaired) electrons. The van der Waals surface area contributed by atoms with Crippen molar-refractivity contribution in [3.63, 3.8) is 0 Å². The van der Waals surface area contributed by atoms with E-state index in [1.807, 2.05) is 30.9 Å². The van der Waals surface area contributed by atoms with Crippen LogP contribution in [0.3, 0.4) is 0 Å². The first-order valence-electron chi connectivity index (χ1n) is 7.21. The maximum Gasteiger partial charge on any atom is 0.129 e. The molecular formula is C17H19FN2S. The summed E-state index contributed by atoms with van der Waals surface area (Å²) in [6, 6.07) is 7.13. The quantitative estimate of drug-likeness (QED) is 0.832. The van der Waals surface area contributed by atoms with E-state index in [0.717, 1.165) is 52.7 Å². The van der Waals surface area contributed by atoms with Gasteiger partial charge in [0.1, 0.15) is 11.6 Å². The van der Waals surface area contributed by atoms with Crippen LogP contribution >= 0.6 is 11.8 Å². The second-order valence-electron chi connectivity index (χ2n) is 5.42. The lowest BCUT2D eigenvalue weighted by atomic mass is 9.98. The number of aryl methyl sites for hydroxylation is 2. The standard InChI is InChI=1S/C17H19FN2S/c1-12-9-14(18)3-4-15(12)16-10-17(19-11-13(16)2)20-5-7-21-8-6-20/h3-4,9-11H,5-8H2,1-2H3. The van der Waals surface area contributed by atoms with Crippen LogP contribution in [-0.2, 0) is 0 Å². The van der Waals surface area contributed by atoms with Crippen molar-refractivity contribution in [1.82, 2.24) is 4.98 Å². The van der Waals surface area contributed by atoms with Crippen molar-refractivity contribution in [2.45, 2.75) is 13.8 Å². The fourth-order valence-corrected chi connectivity index (χ4v) is 3.60. The number of hydrogen-bond donors (Lipinski definition) is 0. The molecule has 0 bridgehead atoms. The Bertz CT molecular complexity index is 651. The van der Waals surface area contributed by atoms with Gasteiger partial charge in [0.15, 0.2) is 0 Å². The predicted molar refractivity (Wildman–Crippen MR) is 88.6 cm³/mol. The summed E-state index contributed by atoms with van der Waals surface area (Å²) in [7, 11) is 0. The van der Waals surface area contributed by atoms with Crippen molar-refractivity contribution in [3.8, 4) is 11.1 Å². The van der Waals surface area contributed by atoms with Gasteiger partial charge in [-0.2, -0.15) is 11.8 Å². The lowest BCUT2D eigenvalue weighted by molar-refractivity contribution is 0.627. The lowest BCUT2D eigenvalue weighted by Crippen LogP contribution is -2.33. The third kappa shape index (κ3) is 3.05. The van der Waals surface area contributed by atoms with Gasteiger partial charge in [0.25, 0.3) is 0 Å². The average Bonchev–Trinajstić information content (AvgIpc) is 2.49. The third-order valence-electron chi connectivity index (χ3n) is 3.90. The molecule has 4 heteroatoms. The van der Waals surface area contributed by atoms with Crippen LogP contribution in [0, 0.1) is 19.7 Å². The van der Waals surface area contributed by atoms with Crippen LogP contribution in [0.4, 0.5) is 10.2 Å². The first-order chi connectivity index (χ1) is 10.1. The molecule has 2 aromatic rings. The molecule has 2 heterocycles. The minimum absolute atomic E-state index is 0.184. The monoisotopic (exact) mass is 302 g/mol. The van der Waals surface area contributed by atoms with E-state index in [9.17, 15) is 4.39 Å². The minimum Gasteiger partial charge on any atom is -0.355 e. The van der Waals surface area contributed by atoms with Gasteiger partial charge >= 0.3 is 0 Å². The Kier molecular flexibility index (Phi) is 4.15. The molecule has 1 aliphatic heterocycles. The number of nitrogens with zero attached hydrogens (tertiary/aromatic N) is 2. The van der Waals surface area contributed by atoms with Gasteiger partial charge in [-0.25, -0.2) is 9.37 Å². The van der Waals surface area contributed by atoms with E-state index in [1.165, 1.54) is 6.07 Å². The Hall–Kier alpha value is -1.55. The van der Waals surface area contributed by atoms with E-state index in [4.69, 9.17) is 0 Å². The van der Waals surface area contributed by atoms with Gasteiger partial charge in [0.2, 0.25) is 0 Å². The molecule has 3 rings (SSSR count). The fourth-order valence-electron chi connectivity index (χ4n) is 2.70. The summed E-state index contributed by atoms with van der Waals surface area (Å²) in [4.78, 5) is 6.91. The normalized spacial score (nSPS) is 15.3. The highest BCUT2D eigenvalue weighted by molar-refractivity contribution is 7.99. The first-order valence-corrected chi connectivity index (χ1v) is 8.36. The van der Waals surface area contributed by atoms with Crippen molar-refractivity contribution in [2.75, 3.05) is 29.5 Å². The van der Waals surface area contributed by atoms with Crippen LogP contribution < -0.4 is 4.90 Å². The van der Waals surface area contributed by atoms with Crippen LogP contribution in [-0.4, -0.2) is 29.6 Å². The summed E-state index contributed by atoms with van der Waals surface area (Å²) in [5.41, 5.74) is 4.32. The Morgan fingerprint density at radius 1 is 1.05 bits per heavy atom. The van der Waals surface area contributed by atoms with E-state index in [-0.39, 0.29) is 5.82 Å². The van der Waals surface area contributed by atoms with Crippen molar-refractivity contribution in [3.05, 3.63) is 47.4 Å². The van der Waals surface area contributed by atoms with E-state index in [0.29, 0.717) is 0 Å². The zero-order chi connectivity index (χ0) is 14.8. The zero-order valence-electron chi connectivity index (χ0n) is 12.4. The van der Waals surface area contributed by atoms with Gasteiger partial charge in [0.05, 0.1) is 0 Å². The zero-order valence-corrected chi connectivity index (χ0v) is 13.2. The Labute approximate surface area is 129 Å². The second kappa shape index (κ2) is 6.06. The molecule has 1 aromatic carbocycles. The van der Waals surface area contributed by atoms with Gasteiger partial charge in [-0.15, -0.1) is 0 Å². The molecular weight excluding hydrogens is 283 g/mol. The molecule has 0 N–H and O–H groups in total. The summed E-state index contributed by atoms with van der Waals surface area (Å²) < 4.78 is 13.3. The molecule has 0 amide bonds. The number of hydrogen-bond acceptors (Lipinski definition) is 3. The van der Waals surface area contributed by atoms with Crippen LogP contribution in [0.5, 0.6) is 0 Å². The van der Waals surface area contributed by atoms with E-state index in [2.05, 4.69) is 22.9 Å². The average molecular weight is 302 g/mol. The first kappa shape index (κ1) is 14.4. The van der Waals surface area contributed by atoms with Crippen molar-refractivity contribution < 1.29 is 4.39 Å². The highest BCUT2D eigenvalue weighted by atomic mass is 32.2. The SMILES string of the molecule is Cc1cc(F)ccc1-c1cc(N2CCSCC2)ncc1C. The van der Waals surface area contributed by atoms with Gasteiger partial charge in [-0.3, -0.25) is 0 Å². The number of benzene rings is 1. The molecule has 0 aliphatic carbocycles. The molecule has 0 atom stereocenters. The number of thioether (sulfide) groups is 1. The number of pyridine rings is 1. The highest BCUT2D eigenvalue weighted by Gasteiger charge is 2.15. The highest BCUT2D eigenvalue weighted by Crippen LogP contribution is 2.30. The predicted octanol–water partition coefficient (Wildman–Crippen LogP) is 4.06. The van der Waals surface area contributed by atoms with E-state index >= 15 is 0 Å². The molecule has 110 valence electrons. The Balaban J connectivity index is 2.01. The summed E-state index contributed by atoms with van der Waals surface area (Å²) in [5, 5.41) is 0. The van der Waals surface area contributed by atoms with E-state index < -0.39 is 0 Å². The van der Waals surface area contributed by atoms with Crippen LogP contribution in [0.25, 0.3) is 11.1 Å². The smallest absolute Gasteiger partial charge is 0.129 e. The second-order valence-corrected chi connectivity index (χ2v) is 6.64. The molecule has 2 nitrogen and oxygen atoms in total. The van der Waals surface area contributed by atoms with Crippen molar-refractivity contribution in [1.29, 1.82) is 0 Å². The number of rotatable bonds is 2. The Morgan fingerprint density at radius 3 is 2.52 bits per heavy atom. The number of anilines is 1. The summed E-state index contributed by atoms with van der Waals surface area (Å²) in [5.74, 6) is 3.15. The maximum atomic E-state index is 13.3. The van der Waals surface area contributed by atoms with E-state index in [1.54, 1.807) is 6.07 Å². The summed E-state index contributed by atoms with van der Waals surface area (Å²) >= 11 is 1.99. The summed E-state index contributed by atoms with van der Waals surface area (Å²) in [6.07, 6.45) is 1.93. The lowest BCUT2D eigenvalue weighted by Gasteiger charge is -2.28. The minimum atomic E-state index is -0.184. The summed E-state index contributed by atoms with van der Waals surface area (Å²) in [6.45, 7) is 6.10. The topological polar surface area (TPSA) is 16.1 Å². The van der Waals surface area contributed by atoms with Gasteiger partial charge in [-0.05, 0) is 54.3 Å². The Morgan fingerprint density at radius 2 is 1.81 bits per heavy atom. The van der Waals surface area contributed by atoms with Crippen molar-refractivity contribution in [2.24, 2.45) is 0 Å².